The summed E-state index contributed by atoms with van der Waals surface area (Å²) >= 11 is 0. The maximum atomic E-state index is 5.36. The van der Waals surface area contributed by atoms with E-state index in [1.54, 1.807) is 0 Å². The highest BCUT2D eigenvalue weighted by Crippen LogP contribution is 2.36. The van der Waals surface area contributed by atoms with Crippen molar-refractivity contribution in [3.8, 4) is 0 Å². The zero-order valence-electron chi connectivity index (χ0n) is 16.2. The topological polar surface area (TPSA) is 18.5 Å². The molecule has 132 valence electrons. The van der Waals surface area contributed by atoms with Crippen molar-refractivity contribution in [3.63, 3.8) is 0 Å². The minimum absolute atomic E-state index is 0.460. The van der Waals surface area contributed by atoms with Gasteiger partial charge in [-0.2, -0.15) is 0 Å². The van der Waals surface area contributed by atoms with E-state index in [0.717, 1.165) is 44.2 Å². The minimum atomic E-state index is 0.460. The van der Waals surface area contributed by atoms with Crippen molar-refractivity contribution in [2.75, 3.05) is 26.4 Å². The summed E-state index contributed by atoms with van der Waals surface area (Å²) in [6.07, 6.45) is 5.03. The lowest BCUT2D eigenvalue weighted by molar-refractivity contribution is 0.0263. The predicted molar refractivity (Wildman–Crippen MR) is 95.2 cm³/mol. The molecule has 0 amide bonds. The van der Waals surface area contributed by atoms with Crippen LogP contribution in [0.2, 0.25) is 0 Å². The third kappa shape index (κ3) is 7.00. The minimum Gasteiger partial charge on any atom is -0.381 e. The molecule has 1 unspecified atom stereocenters. The average molecular weight is 313 g/mol. The smallest absolute Gasteiger partial charge is 0.0468 e. The van der Waals surface area contributed by atoms with Crippen LogP contribution in [0.25, 0.3) is 0 Å². The van der Waals surface area contributed by atoms with Crippen molar-refractivity contribution in [2.24, 2.45) is 28.6 Å². The molecule has 2 heterocycles. The van der Waals surface area contributed by atoms with Gasteiger partial charge in [0.1, 0.15) is 0 Å². The summed E-state index contributed by atoms with van der Waals surface area (Å²) < 4.78 is 10.7. The van der Waals surface area contributed by atoms with Crippen molar-refractivity contribution < 1.29 is 9.47 Å². The first-order chi connectivity index (χ1) is 10.1. The molecule has 0 radical (unpaired) electrons. The van der Waals surface area contributed by atoms with Crippen LogP contribution in [0.4, 0.5) is 0 Å². The highest BCUT2D eigenvalue weighted by Gasteiger charge is 2.29. The first kappa shape index (κ1) is 20.0. The Kier molecular flexibility index (Phi) is 7.88. The van der Waals surface area contributed by atoms with Crippen LogP contribution < -0.4 is 0 Å². The van der Waals surface area contributed by atoms with E-state index in [2.05, 4.69) is 48.5 Å². The van der Waals surface area contributed by atoms with E-state index < -0.39 is 0 Å². The molecule has 0 aliphatic carbocycles. The van der Waals surface area contributed by atoms with E-state index in [-0.39, 0.29) is 0 Å². The monoisotopic (exact) mass is 312 g/mol. The lowest BCUT2D eigenvalue weighted by Crippen LogP contribution is -2.30. The van der Waals surface area contributed by atoms with E-state index in [1.807, 2.05) is 0 Å². The molecule has 0 saturated carbocycles. The Hall–Kier alpha value is -0.0800. The number of ether oxygens (including phenoxy) is 2. The summed E-state index contributed by atoms with van der Waals surface area (Å²) in [5.41, 5.74) is 0.950. The molecule has 2 saturated heterocycles. The van der Waals surface area contributed by atoms with Gasteiger partial charge in [-0.1, -0.05) is 48.5 Å². The molecular weight excluding hydrogens is 272 g/mol. The van der Waals surface area contributed by atoms with Gasteiger partial charge in [0.2, 0.25) is 0 Å². The SMILES string of the molecule is CC(C)(C)C1CCOCC1.CC(C1CCOCC1)C(C)(C)C. The van der Waals surface area contributed by atoms with Crippen LogP contribution in [0.1, 0.15) is 74.1 Å². The Bertz CT molecular complexity index is 286. The molecule has 0 N–H and O–H groups in total. The molecule has 1 atom stereocenters. The molecule has 2 rings (SSSR count). The molecular formula is C20H40O2. The third-order valence-electron chi connectivity index (χ3n) is 5.79. The Labute approximate surface area is 139 Å². The quantitative estimate of drug-likeness (QED) is 0.631. The van der Waals surface area contributed by atoms with Crippen LogP contribution in [0.15, 0.2) is 0 Å². The molecule has 0 aromatic rings. The van der Waals surface area contributed by atoms with Gasteiger partial charge < -0.3 is 9.47 Å². The molecule has 2 aliphatic rings. The highest BCUT2D eigenvalue weighted by atomic mass is 16.5. The fraction of sp³-hybridized carbons (Fsp3) is 1.00. The van der Waals surface area contributed by atoms with Crippen LogP contribution in [0, 0.1) is 28.6 Å². The standard InChI is InChI=1S/C11H22O.C9H18O/c1-9(11(2,3)4)10-5-7-12-8-6-10;1-9(2,3)8-4-6-10-7-5-8/h9-10H,5-8H2,1-4H3;8H,4-7H2,1-3H3. The molecule has 0 spiro atoms. The van der Waals surface area contributed by atoms with Gasteiger partial charge in [-0.25, -0.2) is 0 Å². The van der Waals surface area contributed by atoms with Gasteiger partial charge in [0.05, 0.1) is 0 Å². The maximum absolute atomic E-state index is 5.36. The van der Waals surface area contributed by atoms with Gasteiger partial charge in [-0.05, 0) is 54.3 Å². The number of hydrogen-bond acceptors (Lipinski definition) is 2. The van der Waals surface area contributed by atoms with E-state index in [1.165, 1.54) is 25.7 Å². The molecule has 0 bridgehead atoms. The second-order valence-electron chi connectivity index (χ2n) is 9.36. The van der Waals surface area contributed by atoms with Crippen LogP contribution in [0.3, 0.4) is 0 Å². The van der Waals surface area contributed by atoms with Crippen molar-refractivity contribution in [1.82, 2.24) is 0 Å². The normalized spacial score (nSPS) is 23.6. The van der Waals surface area contributed by atoms with Crippen molar-refractivity contribution in [3.05, 3.63) is 0 Å². The Morgan fingerprint density at radius 3 is 1.45 bits per heavy atom. The van der Waals surface area contributed by atoms with Gasteiger partial charge in [-0.15, -0.1) is 0 Å². The fourth-order valence-electron chi connectivity index (χ4n) is 3.49. The summed E-state index contributed by atoms with van der Waals surface area (Å²) in [6.45, 7) is 20.3. The summed E-state index contributed by atoms with van der Waals surface area (Å²) in [5.74, 6) is 2.58. The molecule has 2 aliphatic heterocycles. The van der Waals surface area contributed by atoms with Crippen molar-refractivity contribution in [2.45, 2.75) is 74.1 Å². The summed E-state index contributed by atoms with van der Waals surface area (Å²) in [5, 5.41) is 0. The molecule has 2 nitrogen and oxygen atoms in total. The van der Waals surface area contributed by atoms with Gasteiger partial charge in [0.25, 0.3) is 0 Å². The Morgan fingerprint density at radius 1 is 0.727 bits per heavy atom. The van der Waals surface area contributed by atoms with Crippen molar-refractivity contribution >= 4 is 0 Å². The molecule has 0 aromatic heterocycles. The molecule has 2 fully saturated rings. The zero-order valence-corrected chi connectivity index (χ0v) is 16.2. The third-order valence-corrected chi connectivity index (χ3v) is 5.79. The summed E-state index contributed by atoms with van der Waals surface area (Å²) in [7, 11) is 0. The lowest BCUT2D eigenvalue weighted by atomic mass is 9.72. The van der Waals surface area contributed by atoms with Gasteiger partial charge in [-0.3, -0.25) is 0 Å². The fourth-order valence-corrected chi connectivity index (χ4v) is 3.49. The summed E-state index contributed by atoms with van der Waals surface area (Å²) in [6, 6.07) is 0. The number of rotatable bonds is 1. The molecule has 22 heavy (non-hydrogen) atoms. The maximum Gasteiger partial charge on any atom is 0.0468 e. The van der Waals surface area contributed by atoms with Gasteiger partial charge >= 0.3 is 0 Å². The van der Waals surface area contributed by atoms with Crippen molar-refractivity contribution in [1.29, 1.82) is 0 Å². The largest absolute Gasteiger partial charge is 0.381 e. The Morgan fingerprint density at radius 2 is 1.14 bits per heavy atom. The second kappa shape index (κ2) is 8.68. The average Bonchev–Trinajstić information content (AvgIpc) is 2.47. The summed E-state index contributed by atoms with van der Waals surface area (Å²) in [4.78, 5) is 0. The lowest BCUT2D eigenvalue weighted by Gasteiger charge is -2.36. The van der Waals surface area contributed by atoms with Gasteiger partial charge in [0.15, 0.2) is 0 Å². The van der Waals surface area contributed by atoms with E-state index >= 15 is 0 Å². The molecule has 2 heteroatoms. The van der Waals surface area contributed by atoms with E-state index in [0.29, 0.717) is 10.8 Å². The second-order valence-corrected chi connectivity index (χ2v) is 9.36. The predicted octanol–water partition coefficient (Wildman–Crippen LogP) is 5.55. The zero-order chi connectivity index (χ0) is 16.8. The van der Waals surface area contributed by atoms with Crippen LogP contribution >= 0.6 is 0 Å². The van der Waals surface area contributed by atoms with E-state index in [4.69, 9.17) is 9.47 Å². The van der Waals surface area contributed by atoms with Gasteiger partial charge in [0, 0.05) is 26.4 Å². The first-order valence-electron chi connectivity index (χ1n) is 9.28. The highest BCUT2D eigenvalue weighted by molar-refractivity contribution is 4.78. The van der Waals surface area contributed by atoms with Crippen LogP contribution in [0.5, 0.6) is 0 Å². The van der Waals surface area contributed by atoms with Crippen LogP contribution in [-0.4, -0.2) is 26.4 Å². The Balaban J connectivity index is 0.000000224. The van der Waals surface area contributed by atoms with Crippen LogP contribution in [-0.2, 0) is 9.47 Å². The van der Waals surface area contributed by atoms with E-state index in [9.17, 15) is 0 Å². The molecule has 0 aromatic carbocycles. The number of hydrogen-bond donors (Lipinski definition) is 0. The first-order valence-corrected chi connectivity index (χ1v) is 9.28.